The van der Waals surface area contributed by atoms with Crippen molar-refractivity contribution >= 4 is 18.1 Å². The lowest BCUT2D eigenvalue weighted by Crippen LogP contribution is -1.86. The predicted octanol–water partition coefficient (Wildman–Crippen LogP) is 2.71. The Kier molecular flexibility index (Phi) is 2.73. The number of methoxy groups -OCH3 is 1. The third kappa shape index (κ3) is 1.87. The Balaban J connectivity index is 2.52. The van der Waals surface area contributed by atoms with Crippen LogP contribution in [0.3, 0.4) is 0 Å². The van der Waals surface area contributed by atoms with Crippen LogP contribution in [0.1, 0.15) is 0 Å². The summed E-state index contributed by atoms with van der Waals surface area (Å²) in [6, 6.07) is 5.39. The highest BCUT2D eigenvalue weighted by molar-refractivity contribution is 7.47. The highest BCUT2D eigenvalue weighted by atomic mass is 32.1. The number of rotatable bonds is 3. The number of nitrogens with zero attached hydrogens (tertiary/aromatic N) is 2. The minimum atomic E-state index is 0.655. The van der Waals surface area contributed by atoms with Gasteiger partial charge in [-0.15, -0.1) is 0 Å². The monoisotopic (exact) mass is 220 g/mol. The average Bonchev–Trinajstić information content (AvgIpc) is 2.81. The van der Waals surface area contributed by atoms with E-state index in [1.807, 2.05) is 6.07 Å². The van der Waals surface area contributed by atoms with E-state index in [1.54, 1.807) is 25.4 Å². The van der Waals surface area contributed by atoms with Gasteiger partial charge >= 0.3 is 0 Å². The molecule has 0 amide bonds. The molecule has 0 spiro atoms. The van der Waals surface area contributed by atoms with Gasteiger partial charge in [-0.2, -0.15) is 4.36 Å². The standard InChI is InChI=1S/C10H8N2O2S/c1-13-9-4-7(12-15)2-3-8(9)10-5-11-6-14-10/h2-6H,1H3. The first-order valence-electron chi connectivity index (χ1n) is 4.25. The molecule has 0 aliphatic carbocycles. The van der Waals surface area contributed by atoms with Gasteiger partial charge in [0.25, 0.3) is 0 Å². The highest BCUT2D eigenvalue weighted by Gasteiger charge is 2.09. The molecule has 0 saturated heterocycles. The molecule has 0 aliphatic heterocycles. The van der Waals surface area contributed by atoms with Gasteiger partial charge in [-0.05, 0) is 12.1 Å². The smallest absolute Gasteiger partial charge is 0.181 e. The van der Waals surface area contributed by atoms with Gasteiger partial charge in [0.15, 0.2) is 12.2 Å². The summed E-state index contributed by atoms with van der Waals surface area (Å²) in [6.07, 6.45) is 3.00. The molecule has 15 heavy (non-hydrogen) atoms. The zero-order chi connectivity index (χ0) is 10.7. The van der Waals surface area contributed by atoms with Crippen LogP contribution in [0.15, 0.2) is 39.6 Å². The lowest BCUT2D eigenvalue weighted by Gasteiger charge is -2.05. The third-order valence-electron chi connectivity index (χ3n) is 1.99. The molecule has 0 unspecified atom stereocenters. The summed E-state index contributed by atoms with van der Waals surface area (Å²) < 4.78 is 14.1. The van der Waals surface area contributed by atoms with Crippen LogP contribution in [0.25, 0.3) is 11.3 Å². The Bertz CT molecular complexity index is 468. The molecule has 0 atom stereocenters. The molecule has 0 aliphatic rings. The lowest BCUT2D eigenvalue weighted by molar-refractivity contribution is 0.415. The van der Waals surface area contributed by atoms with Crippen LogP contribution in [0, 0.1) is 0 Å². The van der Waals surface area contributed by atoms with Crippen molar-refractivity contribution in [2.45, 2.75) is 0 Å². The number of benzene rings is 1. The van der Waals surface area contributed by atoms with E-state index in [0.717, 1.165) is 5.56 Å². The summed E-state index contributed by atoms with van der Waals surface area (Å²) in [5, 5.41) is 0. The average molecular weight is 220 g/mol. The number of ether oxygens (including phenoxy) is 1. The van der Waals surface area contributed by atoms with E-state index in [0.29, 0.717) is 17.2 Å². The predicted molar refractivity (Wildman–Crippen MR) is 57.9 cm³/mol. The topological polar surface area (TPSA) is 47.6 Å². The van der Waals surface area contributed by atoms with E-state index < -0.39 is 0 Å². The second-order valence-corrected chi connectivity index (χ2v) is 3.02. The summed E-state index contributed by atoms with van der Waals surface area (Å²) >= 11 is 4.60. The summed E-state index contributed by atoms with van der Waals surface area (Å²) in [4.78, 5) is 3.85. The second-order valence-electron chi connectivity index (χ2n) is 2.84. The molecule has 0 fully saturated rings. The van der Waals surface area contributed by atoms with E-state index >= 15 is 0 Å². The SMILES string of the molecule is COc1cc(N=S)ccc1-c1cnco1. The first-order valence-corrected chi connectivity index (χ1v) is 4.62. The number of hydrogen-bond donors (Lipinski definition) is 0. The van der Waals surface area contributed by atoms with Gasteiger partial charge in [-0.3, -0.25) is 0 Å². The van der Waals surface area contributed by atoms with Crippen molar-refractivity contribution < 1.29 is 9.15 Å². The highest BCUT2D eigenvalue weighted by Crippen LogP contribution is 2.32. The maximum Gasteiger partial charge on any atom is 0.181 e. The van der Waals surface area contributed by atoms with Gasteiger partial charge in [-0.25, -0.2) is 4.98 Å². The van der Waals surface area contributed by atoms with Crippen LogP contribution in [0.5, 0.6) is 5.75 Å². The van der Waals surface area contributed by atoms with Crippen molar-refractivity contribution in [2.75, 3.05) is 7.11 Å². The van der Waals surface area contributed by atoms with Crippen molar-refractivity contribution in [3.8, 4) is 17.1 Å². The van der Waals surface area contributed by atoms with Crippen LogP contribution < -0.4 is 4.74 Å². The molecule has 0 saturated carbocycles. The molecular weight excluding hydrogens is 212 g/mol. The Hall–Kier alpha value is -1.75. The minimum absolute atomic E-state index is 0.655. The molecule has 1 aromatic heterocycles. The number of hydrogen-bond acceptors (Lipinski definition) is 5. The molecule has 2 rings (SSSR count). The lowest BCUT2D eigenvalue weighted by atomic mass is 10.1. The Morgan fingerprint density at radius 2 is 2.33 bits per heavy atom. The normalized spacial score (nSPS) is 9.93. The van der Waals surface area contributed by atoms with Crippen LogP contribution in [0.2, 0.25) is 0 Å². The second kappa shape index (κ2) is 4.18. The number of aromatic nitrogens is 1. The van der Waals surface area contributed by atoms with Gasteiger partial charge in [-0.1, -0.05) is 0 Å². The summed E-state index contributed by atoms with van der Waals surface area (Å²) in [7, 11) is 1.59. The fraction of sp³-hybridized carbons (Fsp3) is 0.100. The van der Waals surface area contributed by atoms with Crippen LogP contribution in [0.4, 0.5) is 5.69 Å². The zero-order valence-corrected chi connectivity index (χ0v) is 8.82. The van der Waals surface area contributed by atoms with Crippen molar-refractivity contribution in [3.05, 3.63) is 30.8 Å². The summed E-state index contributed by atoms with van der Waals surface area (Å²) in [5.41, 5.74) is 1.52. The quantitative estimate of drug-likeness (QED) is 0.797. The van der Waals surface area contributed by atoms with Crippen molar-refractivity contribution in [1.29, 1.82) is 0 Å². The molecule has 1 heterocycles. The maximum absolute atomic E-state index is 5.22. The molecule has 0 N–H and O–H groups in total. The largest absolute Gasteiger partial charge is 0.496 e. The molecule has 0 bridgehead atoms. The molecule has 5 heteroatoms. The van der Waals surface area contributed by atoms with Gasteiger partial charge in [0.05, 0.1) is 24.6 Å². The van der Waals surface area contributed by atoms with Gasteiger partial charge < -0.3 is 9.15 Å². The molecule has 2 aromatic rings. The van der Waals surface area contributed by atoms with Crippen molar-refractivity contribution in [3.63, 3.8) is 0 Å². The van der Waals surface area contributed by atoms with E-state index in [2.05, 4.69) is 21.8 Å². The minimum Gasteiger partial charge on any atom is -0.496 e. The number of oxazole rings is 1. The summed E-state index contributed by atoms with van der Waals surface area (Å²) in [5.74, 6) is 1.32. The van der Waals surface area contributed by atoms with Crippen LogP contribution in [-0.4, -0.2) is 12.1 Å². The van der Waals surface area contributed by atoms with Crippen LogP contribution >= 0.6 is 0 Å². The molecule has 76 valence electrons. The fourth-order valence-electron chi connectivity index (χ4n) is 1.29. The third-order valence-corrected chi connectivity index (χ3v) is 2.20. The Morgan fingerprint density at radius 1 is 1.47 bits per heavy atom. The van der Waals surface area contributed by atoms with Crippen molar-refractivity contribution in [2.24, 2.45) is 4.36 Å². The Labute approximate surface area is 92.1 Å². The van der Waals surface area contributed by atoms with Gasteiger partial charge in [0, 0.05) is 18.5 Å². The van der Waals surface area contributed by atoms with Gasteiger partial charge in [0.2, 0.25) is 0 Å². The summed E-state index contributed by atoms with van der Waals surface area (Å²) in [6.45, 7) is 0. The van der Waals surface area contributed by atoms with E-state index in [1.165, 1.54) is 6.39 Å². The van der Waals surface area contributed by atoms with E-state index in [4.69, 9.17) is 9.15 Å². The van der Waals surface area contributed by atoms with Crippen molar-refractivity contribution in [1.82, 2.24) is 4.98 Å². The van der Waals surface area contributed by atoms with Gasteiger partial charge in [0.1, 0.15) is 5.75 Å². The molecule has 1 aromatic carbocycles. The Morgan fingerprint density at radius 3 is 2.93 bits per heavy atom. The first-order chi connectivity index (χ1) is 7.35. The zero-order valence-electron chi connectivity index (χ0n) is 8.01. The van der Waals surface area contributed by atoms with E-state index in [9.17, 15) is 0 Å². The molecule has 4 nitrogen and oxygen atoms in total. The maximum atomic E-state index is 5.22. The van der Waals surface area contributed by atoms with E-state index in [-0.39, 0.29) is 0 Å². The molecular formula is C10H8N2O2S. The van der Waals surface area contributed by atoms with Crippen LogP contribution in [-0.2, 0) is 12.4 Å². The fourth-order valence-corrected chi connectivity index (χ4v) is 1.40. The first kappa shape index (κ1) is 9.79. The molecule has 0 radical (unpaired) electrons.